The van der Waals surface area contributed by atoms with E-state index in [0.717, 1.165) is 0 Å². The van der Waals surface area contributed by atoms with E-state index in [9.17, 15) is 14.7 Å². The maximum atomic E-state index is 12.2. The maximum absolute atomic E-state index is 12.2. The molecule has 21 heavy (non-hydrogen) atoms. The SMILES string of the molecule is O=C(N[C@@H](C(=O)O)c1ccccc1)c1cc(Cl)ccc1Cl. The second-order valence-corrected chi connectivity index (χ2v) is 5.12. The van der Waals surface area contributed by atoms with Gasteiger partial charge in [0, 0.05) is 5.02 Å². The van der Waals surface area contributed by atoms with Crippen LogP contribution in [0.1, 0.15) is 22.0 Å². The smallest absolute Gasteiger partial charge is 0.330 e. The van der Waals surface area contributed by atoms with Gasteiger partial charge in [0.25, 0.3) is 5.91 Å². The van der Waals surface area contributed by atoms with Crippen molar-refractivity contribution in [2.45, 2.75) is 6.04 Å². The first-order valence-corrected chi connectivity index (χ1v) is 6.78. The molecule has 2 rings (SSSR count). The number of aliphatic carboxylic acids is 1. The van der Waals surface area contributed by atoms with Gasteiger partial charge >= 0.3 is 5.97 Å². The molecule has 0 unspecified atom stereocenters. The van der Waals surface area contributed by atoms with Crippen LogP contribution in [0.4, 0.5) is 0 Å². The highest BCUT2D eigenvalue weighted by Gasteiger charge is 2.23. The van der Waals surface area contributed by atoms with Crippen LogP contribution in [0.3, 0.4) is 0 Å². The standard InChI is InChI=1S/C15H11Cl2NO3/c16-10-6-7-12(17)11(8-10)14(19)18-13(15(20)21)9-4-2-1-3-5-9/h1-8,13H,(H,18,19)(H,20,21)/t13-/m1/s1. The summed E-state index contributed by atoms with van der Waals surface area (Å²) in [5.41, 5.74) is 0.600. The Kier molecular flexibility index (Phi) is 4.83. The minimum absolute atomic E-state index is 0.131. The Morgan fingerprint density at radius 3 is 2.33 bits per heavy atom. The molecule has 0 spiro atoms. The number of carbonyl (C=O) groups excluding carboxylic acids is 1. The van der Waals surface area contributed by atoms with Gasteiger partial charge in [0.05, 0.1) is 10.6 Å². The summed E-state index contributed by atoms with van der Waals surface area (Å²) in [4.78, 5) is 23.5. The summed E-state index contributed by atoms with van der Waals surface area (Å²) in [5, 5.41) is 12.3. The normalized spacial score (nSPS) is 11.7. The molecule has 108 valence electrons. The first kappa shape index (κ1) is 15.4. The summed E-state index contributed by atoms with van der Waals surface area (Å²) in [6, 6.07) is 11.7. The van der Waals surface area contributed by atoms with Gasteiger partial charge in [-0.3, -0.25) is 4.79 Å². The second kappa shape index (κ2) is 6.61. The van der Waals surface area contributed by atoms with E-state index in [-0.39, 0.29) is 10.6 Å². The Hall–Kier alpha value is -2.04. The van der Waals surface area contributed by atoms with Crippen molar-refractivity contribution >= 4 is 35.1 Å². The van der Waals surface area contributed by atoms with E-state index in [1.807, 2.05) is 0 Å². The van der Waals surface area contributed by atoms with E-state index in [1.54, 1.807) is 36.4 Å². The van der Waals surface area contributed by atoms with Crippen LogP contribution in [0.5, 0.6) is 0 Å². The minimum atomic E-state index is -1.16. The van der Waals surface area contributed by atoms with Crippen LogP contribution in [-0.4, -0.2) is 17.0 Å². The molecule has 6 heteroatoms. The average Bonchev–Trinajstić information content (AvgIpc) is 2.47. The zero-order chi connectivity index (χ0) is 15.4. The van der Waals surface area contributed by atoms with E-state index in [0.29, 0.717) is 10.6 Å². The Balaban J connectivity index is 2.27. The molecule has 0 saturated heterocycles. The van der Waals surface area contributed by atoms with E-state index in [1.165, 1.54) is 12.1 Å². The van der Waals surface area contributed by atoms with Crippen molar-refractivity contribution in [1.29, 1.82) is 0 Å². The Morgan fingerprint density at radius 2 is 1.71 bits per heavy atom. The molecule has 2 aromatic rings. The lowest BCUT2D eigenvalue weighted by Crippen LogP contribution is -2.33. The lowest BCUT2D eigenvalue weighted by molar-refractivity contribution is -0.139. The summed E-state index contributed by atoms with van der Waals surface area (Å²) in [7, 11) is 0. The fourth-order valence-electron chi connectivity index (χ4n) is 1.81. The minimum Gasteiger partial charge on any atom is -0.479 e. The van der Waals surface area contributed by atoms with Gasteiger partial charge in [0.15, 0.2) is 6.04 Å². The zero-order valence-electron chi connectivity index (χ0n) is 10.7. The maximum Gasteiger partial charge on any atom is 0.330 e. The molecule has 0 bridgehead atoms. The number of rotatable bonds is 4. The van der Waals surface area contributed by atoms with Gasteiger partial charge in [-0.15, -0.1) is 0 Å². The molecular weight excluding hydrogens is 313 g/mol. The van der Waals surface area contributed by atoms with Crippen LogP contribution in [0.25, 0.3) is 0 Å². The van der Waals surface area contributed by atoms with Gasteiger partial charge in [-0.05, 0) is 23.8 Å². The second-order valence-electron chi connectivity index (χ2n) is 4.28. The molecule has 4 nitrogen and oxygen atoms in total. The first-order valence-electron chi connectivity index (χ1n) is 6.02. The molecule has 1 amide bonds. The molecule has 0 aromatic heterocycles. The molecule has 0 radical (unpaired) electrons. The first-order chi connectivity index (χ1) is 9.99. The zero-order valence-corrected chi connectivity index (χ0v) is 12.2. The quantitative estimate of drug-likeness (QED) is 0.904. The molecule has 0 saturated carbocycles. The number of hydrogen-bond donors (Lipinski definition) is 2. The van der Waals surface area contributed by atoms with Gasteiger partial charge in [-0.1, -0.05) is 53.5 Å². The van der Waals surface area contributed by atoms with Gasteiger partial charge in [-0.25, -0.2) is 4.79 Å². The van der Waals surface area contributed by atoms with E-state index in [4.69, 9.17) is 23.2 Å². The predicted molar refractivity (Wildman–Crippen MR) is 80.7 cm³/mol. The van der Waals surface area contributed by atoms with Crippen molar-refractivity contribution in [3.8, 4) is 0 Å². The third-order valence-corrected chi connectivity index (χ3v) is 3.39. The van der Waals surface area contributed by atoms with Gasteiger partial charge in [-0.2, -0.15) is 0 Å². The molecule has 0 heterocycles. The number of carboxylic acid groups (broad SMARTS) is 1. The molecule has 2 N–H and O–H groups in total. The van der Waals surface area contributed by atoms with Crippen LogP contribution in [-0.2, 0) is 4.79 Å². The van der Waals surface area contributed by atoms with Crippen molar-refractivity contribution in [1.82, 2.24) is 5.32 Å². The summed E-state index contributed by atoms with van der Waals surface area (Å²) >= 11 is 11.8. The summed E-state index contributed by atoms with van der Waals surface area (Å²) in [6.45, 7) is 0. The van der Waals surface area contributed by atoms with Crippen LogP contribution < -0.4 is 5.32 Å². The monoisotopic (exact) mass is 323 g/mol. The number of amides is 1. The number of benzene rings is 2. The topological polar surface area (TPSA) is 66.4 Å². The largest absolute Gasteiger partial charge is 0.479 e. The number of hydrogen-bond acceptors (Lipinski definition) is 2. The van der Waals surface area contributed by atoms with Crippen molar-refractivity contribution in [2.24, 2.45) is 0 Å². The summed E-state index contributed by atoms with van der Waals surface area (Å²) in [5.74, 6) is -1.76. The summed E-state index contributed by atoms with van der Waals surface area (Å²) in [6.07, 6.45) is 0. The van der Waals surface area contributed by atoms with Gasteiger partial charge in [0.1, 0.15) is 0 Å². The van der Waals surface area contributed by atoms with Crippen molar-refractivity contribution in [2.75, 3.05) is 0 Å². The number of halogens is 2. The average molecular weight is 324 g/mol. The molecule has 0 aliphatic rings. The third-order valence-electron chi connectivity index (χ3n) is 2.83. The highest BCUT2D eigenvalue weighted by molar-refractivity contribution is 6.35. The fraction of sp³-hybridized carbons (Fsp3) is 0.0667. The Labute approximate surface area is 131 Å². The van der Waals surface area contributed by atoms with Gasteiger partial charge < -0.3 is 10.4 Å². The fourth-order valence-corrected chi connectivity index (χ4v) is 2.19. The highest BCUT2D eigenvalue weighted by atomic mass is 35.5. The predicted octanol–water partition coefficient (Wildman–Crippen LogP) is 3.55. The van der Waals surface area contributed by atoms with Crippen LogP contribution >= 0.6 is 23.2 Å². The molecular formula is C15H11Cl2NO3. The lowest BCUT2D eigenvalue weighted by atomic mass is 10.1. The van der Waals surface area contributed by atoms with Crippen LogP contribution in [0.15, 0.2) is 48.5 Å². The van der Waals surface area contributed by atoms with Crippen LogP contribution in [0, 0.1) is 0 Å². The molecule has 2 aromatic carbocycles. The van der Waals surface area contributed by atoms with Crippen molar-refractivity contribution in [3.63, 3.8) is 0 Å². The summed E-state index contributed by atoms with van der Waals surface area (Å²) < 4.78 is 0. The molecule has 0 aliphatic carbocycles. The van der Waals surface area contributed by atoms with Crippen LogP contribution in [0.2, 0.25) is 10.0 Å². The van der Waals surface area contributed by atoms with Crippen molar-refractivity contribution < 1.29 is 14.7 Å². The molecule has 1 atom stereocenters. The number of nitrogens with one attached hydrogen (secondary N) is 1. The number of carboxylic acids is 1. The third kappa shape index (κ3) is 3.74. The number of carbonyl (C=O) groups is 2. The van der Waals surface area contributed by atoms with E-state index in [2.05, 4.69) is 5.32 Å². The van der Waals surface area contributed by atoms with E-state index < -0.39 is 17.9 Å². The lowest BCUT2D eigenvalue weighted by Gasteiger charge is -2.15. The Morgan fingerprint density at radius 1 is 1.05 bits per heavy atom. The van der Waals surface area contributed by atoms with Gasteiger partial charge in [0.2, 0.25) is 0 Å². The van der Waals surface area contributed by atoms with E-state index >= 15 is 0 Å². The molecule has 0 aliphatic heterocycles. The van der Waals surface area contributed by atoms with Crippen molar-refractivity contribution in [3.05, 3.63) is 69.7 Å². The highest BCUT2D eigenvalue weighted by Crippen LogP contribution is 2.22. The molecule has 0 fully saturated rings. The Bertz CT molecular complexity index is 674.